The van der Waals surface area contributed by atoms with Crippen LogP contribution in [0.3, 0.4) is 0 Å². The summed E-state index contributed by atoms with van der Waals surface area (Å²) >= 11 is 0. The molecule has 3 rings (SSSR count). The average Bonchev–Trinajstić information content (AvgIpc) is 2.97. The van der Waals surface area contributed by atoms with E-state index < -0.39 is 18.1 Å². The molecule has 0 aliphatic carbocycles. The lowest BCUT2D eigenvalue weighted by Crippen LogP contribution is -2.23. The number of hydrogen-bond acceptors (Lipinski definition) is 3. The van der Waals surface area contributed by atoms with Crippen LogP contribution >= 0.6 is 0 Å². The number of benzene rings is 3. The van der Waals surface area contributed by atoms with Crippen molar-refractivity contribution >= 4 is 5.97 Å². The summed E-state index contributed by atoms with van der Waals surface area (Å²) in [5.74, 6) is -0.564. The zero-order valence-corrected chi connectivity index (χ0v) is 24.3. The molecule has 3 aromatic carbocycles. The molecular formula is C35H43F3O3. The maximum absolute atomic E-state index is 13.4. The van der Waals surface area contributed by atoms with Crippen LogP contribution in [0, 0.1) is 5.92 Å². The Kier molecular flexibility index (Phi) is 13.3. The van der Waals surface area contributed by atoms with Gasteiger partial charge in [0.1, 0.15) is 11.5 Å². The molecule has 0 saturated carbocycles. The average molecular weight is 569 g/mol. The topological polar surface area (TPSA) is 35.5 Å². The van der Waals surface area contributed by atoms with Gasteiger partial charge in [-0.05, 0) is 78.8 Å². The molecule has 0 bridgehead atoms. The van der Waals surface area contributed by atoms with Crippen LogP contribution in [0.25, 0.3) is 11.1 Å². The van der Waals surface area contributed by atoms with Crippen molar-refractivity contribution in [2.24, 2.45) is 5.92 Å². The quantitative estimate of drug-likeness (QED) is 0.0923. The highest BCUT2D eigenvalue weighted by molar-refractivity contribution is 5.91. The molecule has 0 aliphatic rings. The molecule has 0 aliphatic heterocycles. The summed E-state index contributed by atoms with van der Waals surface area (Å²) in [6, 6.07) is 21.8. The summed E-state index contributed by atoms with van der Waals surface area (Å²) in [6.07, 6.45) is 4.48. The van der Waals surface area contributed by atoms with Crippen molar-refractivity contribution in [3.63, 3.8) is 0 Å². The van der Waals surface area contributed by atoms with Crippen LogP contribution < -0.4 is 9.47 Å². The van der Waals surface area contributed by atoms with E-state index in [4.69, 9.17) is 9.47 Å². The van der Waals surface area contributed by atoms with Crippen molar-refractivity contribution in [3.8, 4) is 22.6 Å². The monoisotopic (exact) mass is 568 g/mol. The number of aryl methyl sites for hydroxylation is 1. The number of esters is 1. The largest absolute Gasteiger partial charge is 0.494 e. The van der Waals surface area contributed by atoms with Crippen LogP contribution in [0.15, 0.2) is 72.8 Å². The van der Waals surface area contributed by atoms with Gasteiger partial charge in [-0.15, -0.1) is 0 Å². The van der Waals surface area contributed by atoms with Crippen molar-refractivity contribution in [3.05, 3.63) is 83.9 Å². The van der Waals surface area contributed by atoms with Crippen molar-refractivity contribution < 1.29 is 27.4 Å². The van der Waals surface area contributed by atoms with E-state index in [2.05, 4.69) is 6.92 Å². The second kappa shape index (κ2) is 16.9. The highest BCUT2D eigenvalue weighted by Gasteiger charge is 2.38. The number of alkyl halides is 3. The summed E-state index contributed by atoms with van der Waals surface area (Å²) in [6.45, 7) is 4.95. The highest BCUT2D eigenvalue weighted by atomic mass is 19.4. The van der Waals surface area contributed by atoms with Crippen LogP contribution in [-0.2, 0) is 6.42 Å². The number of rotatable bonds is 17. The predicted molar refractivity (Wildman–Crippen MR) is 160 cm³/mol. The molecule has 0 saturated heterocycles. The van der Waals surface area contributed by atoms with E-state index in [1.165, 1.54) is 19.3 Å². The number of unbranched alkanes of at least 4 members (excludes halogenated alkanes) is 6. The standard InChI is InChI=1S/C35H43F3O3/c1-3-5-7-9-11-31(35(36,37)38)21-12-27-13-22-33(23-14-27)41-34(39)30-17-15-28(16-18-30)29-19-24-32(25-20-29)40-26-10-8-6-4-2/h13-20,22-25,31H,3-12,21,26H2,1-2H3. The van der Waals surface area contributed by atoms with Gasteiger partial charge in [0.15, 0.2) is 0 Å². The number of carbonyl (C=O) groups is 1. The summed E-state index contributed by atoms with van der Waals surface area (Å²) in [5, 5.41) is 0. The molecule has 0 heterocycles. The minimum atomic E-state index is -4.18. The van der Waals surface area contributed by atoms with E-state index in [9.17, 15) is 18.0 Å². The van der Waals surface area contributed by atoms with E-state index in [0.29, 0.717) is 24.2 Å². The SMILES string of the molecule is CCCCCCOc1ccc(-c2ccc(C(=O)Oc3ccc(CCC(CCCCCC)C(F)(F)F)cc3)cc2)cc1. The third kappa shape index (κ3) is 11.3. The lowest BCUT2D eigenvalue weighted by Gasteiger charge is -2.20. The second-order valence-corrected chi connectivity index (χ2v) is 10.7. The van der Waals surface area contributed by atoms with E-state index in [0.717, 1.165) is 54.7 Å². The van der Waals surface area contributed by atoms with Gasteiger partial charge in [-0.3, -0.25) is 0 Å². The normalized spacial score (nSPS) is 12.2. The van der Waals surface area contributed by atoms with Gasteiger partial charge in [-0.2, -0.15) is 13.2 Å². The maximum Gasteiger partial charge on any atom is 0.391 e. The summed E-state index contributed by atoms with van der Waals surface area (Å²) in [5.41, 5.74) is 3.21. The summed E-state index contributed by atoms with van der Waals surface area (Å²) in [4.78, 5) is 12.7. The van der Waals surface area contributed by atoms with Crippen LogP contribution in [0.1, 0.15) is 94.0 Å². The van der Waals surface area contributed by atoms with Gasteiger partial charge in [-0.25, -0.2) is 4.79 Å². The minimum Gasteiger partial charge on any atom is -0.494 e. The number of carbonyl (C=O) groups excluding carboxylic acids is 1. The lowest BCUT2D eigenvalue weighted by molar-refractivity contribution is -0.178. The van der Waals surface area contributed by atoms with Crippen LogP contribution in [-0.4, -0.2) is 18.8 Å². The van der Waals surface area contributed by atoms with Crippen LogP contribution in [0.4, 0.5) is 13.2 Å². The van der Waals surface area contributed by atoms with E-state index >= 15 is 0 Å². The molecule has 0 N–H and O–H groups in total. The Morgan fingerprint density at radius 3 is 1.83 bits per heavy atom. The first-order chi connectivity index (χ1) is 19.8. The first kappa shape index (κ1) is 32.2. The first-order valence-corrected chi connectivity index (χ1v) is 15.0. The lowest BCUT2D eigenvalue weighted by atomic mass is 9.93. The Labute approximate surface area is 243 Å². The molecule has 6 heteroatoms. The molecule has 1 atom stereocenters. The number of hydrogen-bond donors (Lipinski definition) is 0. The van der Waals surface area contributed by atoms with Crippen LogP contribution in [0.5, 0.6) is 11.5 Å². The zero-order valence-electron chi connectivity index (χ0n) is 24.3. The molecular weight excluding hydrogens is 525 g/mol. The molecule has 0 fully saturated rings. The highest BCUT2D eigenvalue weighted by Crippen LogP contribution is 2.34. The molecule has 0 aromatic heterocycles. The van der Waals surface area contributed by atoms with Crippen molar-refractivity contribution in [1.82, 2.24) is 0 Å². The Morgan fingerprint density at radius 1 is 0.683 bits per heavy atom. The van der Waals surface area contributed by atoms with Gasteiger partial charge in [0.25, 0.3) is 0 Å². The fourth-order valence-corrected chi connectivity index (χ4v) is 4.78. The molecule has 3 aromatic rings. The minimum absolute atomic E-state index is 0.0654. The Hall–Kier alpha value is -3.28. The van der Waals surface area contributed by atoms with Gasteiger partial charge in [0.05, 0.1) is 18.1 Å². The van der Waals surface area contributed by atoms with Gasteiger partial charge >= 0.3 is 12.1 Å². The maximum atomic E-state index is 13.4. The van der Waals surface area contributed by atoms with Crippen molar-refractivity contribution in [2.45, 2.75) is 90.7 Å². The zero-order chi connectivity index (χ0) is 29.5. The van der Waals surface area contributed by atoms with Gasteiger partial charge < -0.3 is 9.47 Å². The summed E-state index contributed by atoms with van der Waals surface area (Å²) in [7, 11) is 0. The molecule has 1 unspecified atom stereocenters. The third-order valence-electron chi connectivity index (χ3n) is 7.36. The number of halogens is 3. The molecule has 222 valence electrons. The Bertz CT molecular complexity index is 1150. The fraction of sp³-hybridized carbons (Fsp3) is 0.457. The predicted octanol–water partition coefficient (Wildman–Crippen LogP) is 10.6. The van der Waals surface area contributed by atoms with E-state index in [1.54, 1.807) is 36.4 Å². The Morgan fingerprint density at radius 2 is 1.24 bits per heavy atom. The second-order valence-electron chi connectivity index (χ2n) is 10.7. The Balaban J connectivity index is 1.48. The van der Waals surface area contributed by atoms with Crippen molar-refractivity contribution in [1.29, 1.82) is 0 Å². The van der Waals surface area contributed by atoms with Gasteiger partial charge in [0.2, 0.25) is 0 Å². The molecule has 0 radical (unpaired) electrons. The van der Waals surface area contributed by atoms with Gasteiger partial charge in [0, 0.05) is 0 Å². The smallest absolute Gasteiger partial charge is 0.391 e. The third-order valence-corrected chi connectivity index (χ3v) is 7.36. The fourth-order valence-electron chi connectivity index (χ4n) is 4.78. The summed E-state index contributed by atoms with van der Waals surface area (Å²) < 4.78 is 51.7. The molecule has 3 nitrogen and oxygen atoms in total. The van der Waals surface area contributed by atoms with E-state index in [1.807, 2.05) is 43.3 Å². The van der Waals surface area contributed by atoms with Gasteiger partial charge in [-0.1, -0.05) is 95.2 Å². The number of ether oxygens (including phenoxy) is 2. The van der Waals surface area contributed by atoms with E-state index in [-0.39, 0.29) is 12.8 Å². The first-order valence-electron chi connectivity index (χ1n) is 15.0. The van der Waals surface area contributed by atoms with Crippen LogP contribution in [0.2, 0.25) is 0 Å². The molecule has 0 amide bonds. The van der Waals surface area contributed by atoms with Crippen molar-refractivity contribution in [2.75, 3.05) is 6.61 Å². The molecule has 41 heavy (non-hydrogen) atoms. The molecule has 0 spiro atoms.